The average Bonchev–Trinajstić information content (AvgIpc) is 2.35. The first-order valence-electron chi connectivity index (χ1n) is 5.53. The van der Waals surface area contributed by atoms with Gasteiger partial charge in [0.05, 0.1) is 5.56 Å². The van der Waals surface area contributed by atoms with Gasteiger partial charge in [-0.25, -0.2) is 0 Å². The minimum atomic E-state index is -0.572. The standard InChI is InChI=1S/C14H13NO3/c1-9(16)11-7-6-10-4-2-3-5-12(10)14(11)18-8-13(15)17/h2-7H,8H2,1H3,(H2,15,17). The molecule has 18 heavy (non-hydrogen) atoms. The van der Waals surface area contributed by atoms with Crippen LogP contribution in [0.15, 0.2) is 36.4 Å². The van der Waals surface area contributed by atoms with Gasteiger partial charge in [-0.3, -0.25) is 9.59 Å². The van der Waals surface area contributed by atoms with Gasteiger partial charge < -0.3 is 10.5 Å². The molecule has 0 aliphatic heterocycles. The second-order valence-electron chi connectivity index (χ2n) is 3.97. The van der Waals surface area contributed by atoms with Crippen LogP contribution in [-0.2, 0) is 4.79 Å². The van der Waals surface area contributed by atoms with E-state index in [9.17, 15) is 9.59 Å². The third kappa shape index (κ3) is 2.32. The van der Waals surface area contributed by atoms with E-state index in [0.717, 1.165) is 10.8 Å². The minimum Gasteiger partial charge on any atom is -0.482 e. The van der Waals surface area contributed by atoms with E-state index in [1.165, 1.54) is 6.92 Å². The third-order valence-corrected chi connectivity index (χ3v) is 2.62. The first kappa shape index (κ1) is 12.1. The number of carbonyl (C=O) groups excluding carboxylic acids is 2. The van der Waals surface area contributed by atoms with Crippen LogP contribution >= 0.6 is 0 Å². The second kappa shape index (κ2) is 4.87. The Morgan fingerprint density at radius 1 is 1.17 bits per heavy atom. The molecule has 4 nitrogen and oxygen atoms in total. The summed E-state index contributed by atoms with van der Waals surface area (Å²) in [7, 11) is 0. The molecule has 2 rings (SSSR count). The van der Waals surface area contributed by atoms with Crippen LogP contribution in [-0.4, -0.2) is 18.3 Å². The molecular formula is C14H13NO3. The van der Waals surface area contributed by atoms with Crippen LogP contribution in [0.3, 0.4) is 0 Å². The fraction of sp³-hybridized carbons (Fsp3) is 0.143. The van der Waals surface area contributed by atoms with Crippen LogP contribution in [0.25, 0.3) is 10.8 Å². The summed E-state index contributed by atoms with van der Waals surface area (Å²) in [5.41, 5.74) is 5.52. The number of Topliss-reactive ketones (excluding diaryl/α,β-unsaturated/α-hetero) is 1. The van der Waals surface area contributed by atoms with Crippen molar-refractivity contribution in [1.29, 1.82) is 0 Å². The first-order chi connectivity index (χ1) is 8.59. The van der Waals surface area contributed by atoms with E-state index in [-0.39, 0.29) is 12.4 Å². The van der Waals surface area contributed by atoms with Crippen LogP contribution in [0, 0.1) is 0 Å². The number of ether oxygens (including phenoxy) is 1. The fourth-order valence-corrected chi connectivity index (χ4v) is 1.82. The molecule has 0 saturated heterocycles. The zero-order chi connectivity index (χ0) is 13.1. The van der Waals surface area contributed by atoms with E-state index >= 15 is 0 Å². The molecule has 0 aromatic heterocycles. The molecule has 2 N–H and O–H groups in total. The van der Waals surface area contributed by atoms with Crippen LogP contribution < -0.4 is 10.5 Å². The molecule has 2 aromatic rings. The lowest BCUT2D eigenvalue weighted by Crippen LogP contribution is -2.20. The molecule has 4 heteroatoms. The lowest BCUT2D eigenvalue weighted by Gasteiger charge is -2.11. The van der Waals surface area contributed by atoms with Crippen molar-refractivity contribution < 1.29 is 14.3 Å². The molecular weight excluding hydrogens is 230 g/mol. The SMILES string of the molecule is CC(=O)c1ccc2ccccc2c1OCC(N)=O. The fourth-order valence-electron chi connectivity index (χ4n) is 1.82. The quantitative estimate of drug-likeness (QED) is 0.834. The zero-order valence-electron chi connectivity index (χ0n) is 9.97. The van der Waals surface area contributed by atoms with Gasteiger partial charge in [0.15, 0.2) is 12.4 Å². The highest BCUT2D eigenvalue weighted by Crippen LogP contribution is 2.30. The molecule has 2 aromatic carbocycles. The summed E-state index contributed by atoms with van der Waals surface area (Å²) in [6.07, 6.45) is 0. The van der Waals surface area contributed by atoms with Crippen LogP contribution in [0.1, 0.15) is 17.3 Å². The lowest BCUT2D eigenvalue weighted by molar-refractivity contribution is -0.119. The number of carbonyl (C=O) groups is 2. The normalized spacial score (nSPS) is 10.3. The number of ketones is 1. The molecule has 0 radical (unpaired) electrons. The summed E-state index contributed by atoms with van der Waals surface area (Å²) < 4.78 is 5.38. The number of hydrogen-bond donors (Lipinski definition) is 1. The highest BCUT2D eigenvalue weighted by Gasteiger charge is 2.13. The van der Waals surface area contributed by atoms with E-state index in [1.807, 2.05) is 30.3 Å². The van der Waals surface area contributed by atoms with Crippen molar-refractivity contribution in [2.24, 2.45) is 5.73 Å². The summed E-state index contributed by atoms with van der Waals surface area (Å²) in [5, 5.41) is 1.74. The highest BCUT2D eigenvalue weighted by molar-refractivity contribution is 6.03. The minimum absolute atomic E-state index is 0.111. The summed E-state index contributed by atoms with van der Waals surface area (Å²) >= 11 is 0. The Morgan fingerprint density at radius 2 is 1.89 bits per heavy atom. The monoisotopic (exact) mass is 243 g/mol. The molecule has 0 aliphatic rings. The summed E-state index contributed by atoms with van der Waals surface area (Å²) in [6.45, 7) is 1.22. The van der Waals surface area contributed by atoms with Crippen LogP contribution in [0.2, 0.25) is 0 Å². The van der Waals surface area contributed by atoms with Gasteiger partial charge in [0.2, 0.25) is 0 Å². The van der Waals surface area contributed by atoms with E-state index in [4.69, 9.17) is 10.5 Å². The van der Waals surface area contributed by atoms with Crippen molar-refractivity contribution in [2.75, 3.05) is 6.61 Å². The van der Waals surface area contributed by atoms with Crippen LogP contribution in [0.5, 0.6) is 5.75 Å². The molecule has 92 valence electrons. The molecule has 0 spiro atoms. The Kier molecular flexibility index (Phi) is 3.28. The van der Waals surface area contributed by atoms with E-state index < -0.39 is 5.91 Å². The van der Waals surface area contributed by atoms with Crippen LogP contribution in [0.4, 0.5) is 0 Å². The first-order valence-corrected chi connectivity index (χ1v) is 5.53. The van der Waals surface area contributed by atoms with Crippen molar-refractivity contribution in [3.63, 3.8) is 0 Å². The van der Waals surface area contributed by atoms with Gasteiger partial charge in [-0.2, -0.15) is 0 Å². The van der Waals surface area contributed by atoms with Gasteiger partial charge in [-0.15, -0.1) is 0 Å². The smallest absolute Gasteiger partial charge is 0.255 e. The Labute approximate surface area is 104 Å². The van der Waals surface area contributed by atoms with Gasteiger partial charge >= 0.3 is 0 Å². The van der Waals surface area contributed by atoms with Crippen molar-refractivity contribution >= 4 is 22.5 Å². The molecule has 0 atom stereocenters. The molecule has 0 fully saturated rings. The van der Waals surface area contributed by atoms with Gasteiger partial charge in [-0.05, 0) is 18.4 Å². The molecule has 0 aliphatic carbocycles. The molecule has 0 bridgehead atoms. The van der Waals surface area contributed by atoms with Gasteiger partial charge in [-0.1, -0.05) is 30.3 Å². The van der Waals surface area contributed by atoms with Gasteiger partial charge in [0.1, 0.15) is 5.75 Å². The molecule has 1 amide bonds. The summed E-state index contributed by atoms with van der Waals surface area (Å²) in [6, 6.07) is 11.1. The number of hydrogen-bond acceptors (Lipinski definition) is 3. The van der Waals surface area contributed by atoms with Gasteiger partial charge in [0, 0.05) is 5.39 Å². The maximum Gasteiger partial charge on any atom is 0.255 e. The lowest BCUT2D eigenvalue weighted by atomic mass is 10.0. The predicted molar refractivity (Wildman–Crippen MR) is 68.6 cm³/mol. The Hall–Kier alpha value is -2.36. The number of amides is 1. The van der Waals surface area contributed by atoms with Crippen molar-refractivity contribution in [1.82, 2.24) is 0 Å². The Balaban J connectivity index is 2.58. The topological polar surface area (TPSA) is 69.4 Å². The summed E-state index contributed by atoms with van der Waals surface area (Å²) in [5.74, 6) is -0.267. The summed E-state index contributed by atoms with van der Waals surface area (Å²) in [4.78, 5) is 22.4. The van der Waals surface area contributed by atoms with E-state index in [1.54, 1.807) is 6.07 Å². The second-order valence-corrected chi connectivity index (χ2v) is 3.97. The number of fused-ring (bicyclic) bond motifs is 1. The maximum atomic E-state index is 11.6. The van der Waals surface area contributed by atoms with E-state index in [0.29, 0.717) is 11.3 Å². The number of primary amides is 1. The zero-order valence-corrected chi connectivity index (χ0v) is 9.97. The number of nitrogens with two attached hydrogens (primary N) is 1. The third-order valence-electron chi connectivity index (χ3n) is 2.62. The molecule has 0 saturated carbocycles. The number of rotatable bonds is 4. The Morgan fingerprint density at radius 3 is 2.56 bits per heavy atom. The van der Waals surface area contributed by atoms with Crippen molar-refractivity contribution in [2.45, 2.75) is 6.92 Å². The maximum absolute atomic E-state index is 11.6. The van der Waals surface area contributed by atoms with Crippen molar-refractivity contribution in [3.8, 4) is 5.75 Å². The van der Waals surface area contributed by atoms with E-state index in [2.05, 4.69) is 0 Å². The van der Waals surface area contributed by atoms with Gasteiger partial charge in [0.25, 0.3) is 5.91 Å². The van der Waals surface area contributed by atoms with Crippen molar-refractivity contribution in [3.05, 3.63) is 42.0 Å². The Bertz CT molecular complexity index is 619. The molecule has 0 heterocycles. The largest absolute Gasteiger partial charge is 0.482 e. The predicted octanol–water partition coefficient (Wildman–Crippen LogP) is 1.91. The number of benzene rings is 2. The average molecular weight is 243 g/mol. The highest BCUT2D eigenvalue weighted by atomic mass is 16.5. The molecule has 0 unspecified atom stereocenters.